The van der Waals surface area contributed by atoms with Crippen molar-refractivity contribution in [1.29, 1.82) is 0 Å². The molecule has 5 rings (SSSR count). The number of carbonyl (C=O) groups is 1. The molecule has 3 aliphatic heterocycles. The Hall–Kier alpha value is -2.55. The molecule has 1 aliphatic carbocycles. The number of hydrogen-bond acceptors (Lipinski definition) is 12. The van der Waals surface area contributed by atoms with Crippen LogP contribution < -0.4 is 0 Å². The number of rotatable bonds is 7. The van der Waals surface area contributed by atoms with Gasteiger partial charge in [-0.1, -0.05) is 12.1 Å². The molecule has 3 heterocycles. The molecule has 6 N–H and O–H groups in total. The summed E-state index contributed by atoms with van der Waals surface area (Å²) in [5, 5.41) is 59.3. The molecular formula is C24H28O12. The number of hydrogen-bond donors (Lipinski definition) is 6. The second-order valence-corrected chi connectivity index (χ2v) is 9.25. The maximum Gasteiger partial charge on any atom is 0.331 e. The van der Waals surface area contributed by atoms with Gasteiger partial charge in [0, 0.05) is 12.0 Å². The zero-order valence-electron chi connectivity index (χ0n) is 18.9. The fourth-order valence-electron chi connectivity index (χ4n) is 5.21. The van der Waals surface area contributed by atoms with Crippen molar-refractivity contribution in [2.75, 3.05) is 13.2 Å². The lowest BCUT2D eigenvalue weighted by Crippen LogP contribution is -2.60. The zero-order chi connectivity index (χ0) is 25.6. The van der Waals surface area contributed by atoms with E-state index in [1.54, 1.807) is 18.2 Å². The third kappa shape index (κ3) is 4.29. The molecule has 12 nitrogen and oxygen atoms in total. The highest BCUT2D eigenvalue weighted by atomic mass is 16.8. The van der Waals surface area contributed by atoms with Gasteiger partial charge >= 0.3 is 5.97 Å². The van der Waals surface area contributed by atoms with E-state index in [4.69, 9.17) is 23.7 Å². The molecular weight excluding hydrogens is 480 g/mol. The summed E-state index contributed by atoms with van der Waals surface area (Å²) in [6, 6.07) is 6.24. The summed E-state index contributed by atoms with van der Waals surface area (Å²) >= 11 is 0. The van der Waals surface area contributed by atoms with Crippen LogP contribution in [0.25, 0.3) is 6.08 Å². The number of aromatic hydroxyl groups is 1. The predicted molar refractivity (Wildman–Crippen MR) is 118 cm³/mol. The van der Waals surface area contributed by atoms with E-state index in [9.17, 15) is 35.4 Å². The maximum atomic E-state index is 12.6. The van der Waals surface area contributed by atoms with Crippen molar-refractivity contribution >= 4 is 12.0 Å². The molecule has 0 aromatic heterocycles. The molecule has 1 saturated carbocycles. The van der Waals surface area contributed by atoms with Crippen LogP contribution in [-0.2, 0) is 28.5 Å². The molecule has 1 aromatic carbocycles. The SMILES string of the molecule is O=C(/C=C/c1ccc(O)cc1)O[C@H]1[C@@H]2C=CO[C@@H](OC3OC(CO)C(O)C(O)C3O)[C@@H]2[C@@]2(CO)O[C@@H]12. The van der Waals surface area contributed by atoms with Crippen LogP contribution in [0.1, 0.15) is 5.56 Å². The molecule has 0 amide bonds. The van der Waals surface area contributed by atoms with Crippen molar-refractivity contribution in [2.45, 2.75) is 54.8 Å². The fourth-order valence-corrected chi connectivity index (χ4v) is 5.21. The van der Waals surface area contributed by atoms with Gasteiger partial charge in [-0.25, -0.2) is 4.79 Å². The number of phenols is 1. The minimum atomic E-state index is -1.64. The summed E-state index contributed by atoms with van der Waals surface area (Å²) < 4.78 is 28.3. The lowest BCUT2D eigenvalue weighted by Gasteiger charge is -2.43. The van der Waals surface area contributed by atoms with Crippen LogP contribution in [0.5, 0.6) is 5.75 Å². The number of carbonyl (C=O) groups excluding carboxylic acids is 1. The molecule has 3 fully saturated rings. The second kappa shape index (κ2) is 9.72. The Morgan fingerprint density at radius 1 is 1.06 bits per heavy atom. The summed E-state index contributed by atoms with van der Waals surface area (Å²) in [5.74, 6) is -1.67. The summed E-state index contributed by atoms with van der Waals surface area (Å²) in [6.07, 6.45) is -4.18. The third-order valence-corrected chi connectivity index (χ3v) is 7.16. The standard InChI is InChI=1S/C24H28O12/c25-9-14-17(29)18(30)19(31)23(33-14)35-22-16-13(7-8-32-22)20(21-24(16,10-26)36-21)34-15(28)6-3-11-1-4-12(27)5-2-11/h1-8,13-14,16-23,25-27,29-31H,9-10H2/b6-3+/t13-,14?,16-,17?,18?,19?,20+,21+,22+,23?,24-/m1/s1. The average Bonchev–Trinajstić information content (AvgIpc) is 3.56. The van der Waals surface area contributed by atoms with Crippen molar-refractivity contribution in [1.82, 2.24) is 0 Å². The van der Waals surface area contributed by atoms with Crippen molar-refractivity contribution in [3.8, 4) is 5.75 Å². The van der Waals surface area contributed by atoms with Crippen LogP contribution in [0, 0.1) is 11.8 Å². The molecule has 0 bridgehead atoms. The van der Waals surface area contributed by atoms with E-state index in [1.165, 1.54) is 30.5 Å². The van der Waals surface area contributed by atoms with Crippen LogP contribution in [-0.4, -0.2) is 105 Å². The van der Waals surface area contributed by atoms with Gasteiger partial charge in [0.15, 0.2) is 6.29 Å². The first-order valence-corrected chi connectivity index (χ1v) is 11.5. The Morgan fingerprint density at radius 3 is 2.50 bits per heavy atom. The van der Waals surface area contributed by atoms with Gasteiger partial charge in [0.05, 0.1) is 25.4 Å². The molecule has 0 spiro atoms. The fraction of sp³-hybridized carbons (Fsp3) is 0.542. The van der Waals surface area contributed by atoms with Gasteiger partial charge in [0.1, 0.15) is 48.0 Å². The van der Waals surface area contributed by atoms with E-state index in [2.05, 4.69) is 0 Å². The van der Waals surface area contributed by atoms with E-state index in [0.29, 0.717) is 5.56 Å². The van der Waals surface area contributed by atoms with Crippen molar-refractivity contribution < 1.29 is 59.1 Å². The molecule has 11 atom stereocenters. The number of benzene rings is 1. The number of aliphatic hydroxyl groups is 5. The van der Waals surface area contributed by atoms with Crippen molar-refractivity contribution in [2.24, 2.45) is 11.8 Å². The lowest BCUT2D eigenvalue weighted by atomic mass is 9.85. The van der Waals surface area contributed by atoms with E-state index in [1.807, 2.05) is 0 Å². The highest BCUT2D eigenvalue weighted by molar-refractivity contribution is 5.87. The van der Waals surface area contributed by atoms with Crippen molar-refractivity contribution in [3.05, 3.63) is 48.2 Å². The number of fused-ring (bicyclic) bond motifs is 3. The molecule has 4 aliphatic rings. The maximum absolute atomic E-state index is 12.6. The molecule has 36 heavy (non-hydrogen) atoms. The molecule has 0 radical (unpaired) electrons. The number of phenolic OH excluding ortho intramolecular Hbond substituents is 1. The topological polar surface area (TPSA) is 188 Å². The monoisotopic (exact) mass is 508 g/mol. The first-order chi connectivity index (χ1) is 17.3. The van der Waals surface area contributed by atoms with E-state index >= 15 is 0 Å². The molecule has 12 heteroatoms. The number of aliphatic hydroxyl groups excluding tert-OH is 5. The Morgan fingerprint density at radius 2 is 1.81 bits per heavy atom. The third-order valence-electron chi connectivity index (χ3n) is 7.16. The largest absolute Gasteiger partial charge is 0.508 e. The van der Waals surface area contributed by atoms with E-state index in [0.717, 1.165) is 0 Å². The first kappa shape index (κ1) is 25.1. The van der Waals surface area contributed by atoms with Crippen LogP contribution in [0.15, 0.2) is 42.7 Å². The van der Waals surface area contributed by atoms with Crippen molar-refractivity contribution in [3.63, 3.8) is 0 Å². The minimum Gasteiger partial charge on any atom is -0.508 e. The Bertz CT molecular complexity index is 1010. The van der Waals surface area contributed by atoms with E-state index in [-0.39, 0.29) is 5.75 Å². The smallest absolute Gasteiger partial charge is 0.331 e. The normalized spacial score (nSPS) is 43.0. The van der Waals surface area contributed by atoms with Crippen LogP contribution in [0.4, 0.5) is 0 Å². The molecule has 1 aromatic rings. The lowest BCUT2D eigenvalue weighted by molar-refractivity contribution is -0.344. The second-order valence-electron chi connectivity index (χ2n) is 9.25. The summed E-state index contributed by atoms with van der Waals surface area (Å²) in [6.45, 7) is -1.04. The van der Waals surface area contributed by atoms with Gasteiger partial charge in [0.25, 0.3) is 0 Å². The molecule has 196 valence electrons. The quantitative estimate of drug-likeness (QED) is 0.141. The zero-order valence-corrected chi connectivity index (χ0v) is 18.9. The van der Waals surface area contributed by atoms with Gasteiger partial charge in [-0.15, -0.1) is 0 Å². The first-order valence-electron chi connectivity index (χ1n) is 11.5. The highest BCUT2D eigenvalue weighted by Gasteiger charge is 2.77. The van der Waals surface area contributed by atoms with Gasteiger partial charge in [0.2, 0.25) is 6.29 Å². The van der Waals surface area contributed by atoms with Gasteiger partial charge in [-0.05, 0) is 29.8 Å². The Balaban J connectivity index is 1.30. The summed E-state index contributed by atoms with van der Waals surface area (Å²) in [4.78, 5) is 12.6. The van der Waals surface area contributed by atoms with Gasteiger partial charge in [-0.2, -0.15) is 0 Å². The Kier molecular flexibility index (Phi) is 6.78. The summed E-state index contributed by atoms with van der Waals surface area (Å²) in [7, 11) is 0. The van der Waals surface area contributed by atoms with E-state index < -0.39 is 85.8 Å². The number of esters is 1. The van der Waals surface area contributed by atoms with Crippen LogP contribution in [0.3, 0.4) is 0 Å². The van der Waals surface area contributed by atoms with Crippen LogP contribution >= 0.6 is 0 Å². The molecule has 2 saturated heterocycles. The summed E-state index contributed by atoms with van der Waals surface area (Å²) in [5.41, 5.74) is -0.444. The average molecular weight is 508 g/mol. The predicted octanol–water partition coefficient (Wildman–Crippen LogP) is -1.62. The molecule has 5 unspecified atom stereocenters. The highest BCUT2D eigenvalue weighted by Crippen LogP contribution is 2.60. The number of ether oxygens (including phenoxy) is 5. The van der Waals surface area contributed by atoms with Gasteiger partial charge in [-0.3, -0.25) is 0 Å². The van der Waals surface area contributed by atoms with Gasteiger partial charge < -0.3 is 54.3 Å². The van der Waals surface area contributed by atoms with Crippen LogP contribution in [0.2, 0.25) is 0 Å². The minimum absolute atomic E-state index is 0.102. The Labute approximate surface area is 205 Å². The number of epoxide rings is 1.